The molecule has 1 aliphatic carbocycles. The molecule has 0 radical (unpaired) electrons. The maximum Gasteiger partial charge on any atom is 0.220 e. The number of aryl methyl sites for hydroxylation is 2. The number of amides is 1. The fourth-order valence-electron chi connectivity index (χ4n) is 2.41. The first-order valence-corrected chi connectivity index (χ1v) is 6.68. The van der Waals surface area contributed by atoms with Gasteiger partial charge < -0.3 is 14.8 Å². The standard InChI is InChI=1S/C14H21NO3/c1-10-6-7-11(18-10)8-9-14(17)15-12-4-2-3-5-13(12)16/h6-7,12-13,16H,2-5,8-9H2,1H3,(H,15,17). The van der Waals surface area contributed by atoms with Crippen LogP contribution < -0.4 is 5.32 Å². The van der Waals surface area contributed by atoms with E-state index >= 15 is 0 Å². The van der Waals surface area contributed by atoms with Crippen molar-refractivity contribution in [2.75, 3.05) is 0 Å². The van der Waals surface area contributed by atoms with Crippen molar-refractivity contribution in [3.8, 4) is 0 Å². The van der Waals surface area contributed by atoms with Gasteiger partial charge in [-0.3, -0.25) is 4.79 Å². The van der Waals surface area contributed by atoms with E-state index in [-0.39, 0.29) is 18.1 Å². The molecule has 1 heterocycles. The van der Waals surface area contributed by atoms with Crippen LogP contribution in [0.2, 0.25) is 0 Å². The number of carbonyl (C=O) groups excluding carboxylic acids is 1. The van der Waals surface area contributed by atoms with Crippen molar-refractivity contribution in [3.05, 3.63) is 23.7 Å². The largest absolute Gasteiger partial charge is 0.466 e. The van der Waals surface area contributed by atoms with E-state index < -0.39 is 0 Å². The Bertz CT molecular complexity index is 399. The van der Waals surface area contributed by atoms with Gasteiger partial charge in [0.15, 0.2) is 0 Å². The molecule has 2 atom stereocenters. The fourth-order valence-corrected chi connectivity index (χ4v) is 2.41. The summed E-state index contributed by atoms with van der Waals surface area (Å²) in [4.78, 5) is 11.8. The average Bonchev–Trinajstić information content (AvgIpc) is 2.76. The van der Waals surface area contributed by atoms with Crippen molar-refractivity contribution in [3.63, 3.8) is 0 Å². The smallest absolute Gasteiger partial charge is 0.220 e. The zero-order valence-corrected chi connectivity index (χ0v) is 10.8. The van der Waals surface area contributed by atoms with Crippen molar-refractivity contribution in [2.45, 2.75) is 57.6 Å². The van der Waals surface area contributed by atoms with Gasteiger partial charge in [-0.15, -0.1) is 0 Å². The molecule has 1 saturated carbocycles. The minimum Gasteiger partial charge on any atom is -0.466 e. The first-order valence-electron chi connectivity index (χ1n) is 6.68. The predicted molar refractivity (Wildman–Crippen MR) is 68.2 cm³/mol. The molecule has 1 fully saturated rings. The summed E-state index contributed by atoms with van der Waals surface area (Å²) in [6.07, 6.45) is 4.46. The summed E-state index contributed by atoms with van der Waals surface area (Å²) in [6.45, 7) is 1.89. The monoisotopic (exact) mass is 251 g/mol. The van der Waals surface area contributed by atoms with Crippen LogP contribution in [0.25, 0.3) is 0 Å². The Kier molecular flexibility index (Phi) is 4.42. The number of furan rings is 1. The lowest BCUT2D eigenvalue weighted by Gasteiger charge is -2.28. The SMILES string of the molecule is Cc1ccc(CCC(=O)NC2CCCCC2O)o1. The van der Waals surface area contributed by atoms with Crippen LogP contribution in [0, 0.1) is 6.92 Å². The highest BCUT2D eigenvalue weighted by Crippen LogP contribution is 2.18. The van der Waals surface area contributed by atoms with Gasteiger partial charge in [0.05, 0.1) is 12.1 Å². The molecule has 1 aromatic rings. The van der Waals surface area contributed by atoms with E-state index in [9.17, 15) is 9.90 Å². The van der Waals surface area contributed by atoms with Crippen molar-refractivity contribution in [1.82, 2.24) is 5.32 Å². The van der Waals surface area contributed by atoms with E-state index in [1.807, 2.05) is 19.1 Å². The van der Waals surface area contributed by atoms with Crippen LogP contribution in [0.4, 0.5) is 0 Å². The highest BCUT2D eigenvalue weighted by atomic mass is 16.3. The number of carbonyl (C=O) groups is 1. The lowest BCUT2D eigenvalue weighted by Crippen LogP contribution is -2.45. The zero-order valence-electron chi connectivity index (χ0n) is 10.8. The van der Waals surface area contributed by atoms with Gasteiger partial charge in [0.1, 0.15) is 11.5 Å². The second-order valence-electron chi connectivity index (χ2n) is 5.04. The summed E-state index contributed by atoms with van der Waals surface area (Å²) in [5, 5.41) is 12.7. The molecule has 18 heavy (non-hydrogen) atoms. The molecular formula is C14H21NO3. The second-order valence-corrected chi connectivity index (χ2v) is 5.04. The molecule has 1 amide bonds. The van der Waals surface area contributed by atoms with E-state index in [0.717, 1.165) is 37.2 Å². The third-order valence-corrected chi connectivity index (χ3v) is 3.47. The number of rotatable bonds is 4. The quantitative estimate of drug-likeness (QED) is 0.859. The van der Waals surface area contributed by atoms with Crippen molar-refractivity contribution < 1.29 is 14.3 Å². The highest BCUT2D eigenvalue weighted by Gasteiger charge is 2.24. The van der Waals surface area contributed by atoms with E-state index in [4.69, 9.17) is 4.42 Å². The van der Waals surface area contributed by atoms with E-state index in [2.05, 4.69) is 5.32 Å². The fraction of sp³-hybridized carbons (Fsp3) is 0.643. The Balaban J connectivity index is 1.74. The summed E-state index contributed by atoms with van der Waals surface area (Å²) >= 11 is 0. The maximum atomic E-state index is 11.8. The average molecular weight is 251 g/mol. The first kappa shape index (κ1) is 13.1. The molecule has 4 nitrogen and oxygen atoms in total. The normalized spacial score (nSPS) is 23.9. The lowest BCUT2D eigenvalue weighted by atomic mass is 9.92. The molecule has 0 spiro atoms. The molecule has 0 aliphatic heterocycles. The van der Waals surface area contributed by atoms with Crippen LogP contribution in [0.5, 0.6) is 0 Å². The Morgan fingerprint density at radius 2 is 2.22 bits per heavy atom. The third kappa shape index (κ3) is 3.60. The molecule has 1 aliphatic rings. The predicted octanol–water partition coefficient (Wildman–Crippen LogP) is 1.94. The topological polar surface area (TPSA) is 62.5 Å². The van der Waals surface area contributed by atoms with Gasteiger partial charge in [-0.2, -0.15) is 0 Å². The molecular weight excluding hydrogens is 230 g/mol. The van der Waals surface area contributed by atoms with Crippen LogP contribution in [-0.4, -0.2) is 23.2 Å². The van der Waals surface area contributed by atoms with Gasteiger partial charge in [0.25, 0.3) is 0 Å². The molecule has 100 valence electrons. The summed E-state index contributed by atoms with van der Waals surface area (Å²) in [5.41, 5.74) is 0. The molecule has 0 saturated heterocycles. The number of nitrogens with one attached hydrogen (secondary N) is 1. The Labute approximate surface area is 107 Å². The van der Waals surface area contributed by atoms with Gasteiger partial charge in [0.2, 0.25) is 5.91 Å². The lowest BCUT2D eigenvalue weighted by molar-refractivity contribution is -0.123. The van der Waals surface area contributed by atoms with Crippen LogP contribution in [0.3, 0.4) is 0 Å². The maximum absolute atomic E-state index is 11.8. The van der Waals surface area contributed by atoms with Crippen molar-refractivity contribution in [1.29, 1.82) is 0 Å². The van der Waals surface area contributed by atoms with E-state index in [0.29, 0.717) is 12.8 Å². The highest BCUT2D eigenvalue weighted by molar-refractivity contribution is 5.76. The van der Waals surface area contributed by atoms with Crippen LogP contribution in [0.1, 0.15) is 43.6 Å². The minimum atomic E-state index is -0.381. The Morgan fingerprint density at radius 3 is 2.89 bits per heavy atom. The minimum absolute atomic E-state index is 0.00463. The molecule has 0 bridgehead atoms. The molecule has 2 unspecified atom stereocenters. The summed E-state index contributed by atoms with van der Waals surface area (Å²) < 4.78 is 5.42. The zero-order chi connectivity index (χ0) is 13.0. The summed E-state index contributed by atoms with van der Waals surface area (Å²) in [5.74, 6) is 1.70. The second kappa shape index (κ2) is 6.05. The van der Waals surface area contributed by atoms with Crippen molar-refractivity contribution in [2.24, 2.45) is 0 Å². The molecule has 0 aromatic carbocycles. The summed E-state index contributed by atoms with van der Waals surface area (Å²) in [7, 11) is 0. The van der Waals surface area contributed by atoms with Gasteiger partial charge in [-0.25, -0.2) is 0 Å². The molecule has 4 heteroatoms. The Hall–Kier alpha value is -1.29. The molecule has 2 N–H and O–H groups in total. The first-order chi connectivity index (χ1) is 8.65. The van der Waals surface area contributed by atoms with Crippen molar-refractivity contribution >= 4 is 5.91 Å². The molecule has 1 aromatic heterocycles. The van der Waals surface area contributed by atoms with Crippen LogP contribution in [-0.2, 0) is 11.2 Å². The van der Waals surface area contributed by atoms with Crippen LogP contribution >= 0.6 is 0 Å². The number of hydrogen-bond acceptors (Lipinski definition) is 3. The van der Waals surface area contributed by atoms with Gasteiger partial charge in [0, 0.05) is 12.8 Å². The van der Waals surface area contributed by atoms with Crippen LogP contribution in [0.15, 0.2) is 16.5 Å². The van der Waals surface area contributed by atoms with E-state index in [1.54, 1.807) is 0 Å². The number of aliphatic hydroxyl groups is 1. The number of hydrogen-bond donors (Lipinski definition) is 2. The molecule has 2 rings (SSSR count). The Morgan fingerprint density at radius 1 is 1.44 bits per heavy atom. The summed E-state index contributed by atoms with van der Waals surface area (Å²) in [6, 6.07) is 3.74. The van der Waals surface area contributed by atoms with E-state index in [1.165, 1.54) is 0 Å². The van der Waals surface area contributed by atoms with Gasteiger partial charge >= 0.3 is 0 Å². The number of aliphatic hydroxyl groups excluding tert-OH is 1. The third-order valence-electron chi connectivity index (χ3n) is 3.47. The van der Waals surface area contributed by atoms with Gasteiger partial charge in [-0.05, 0) is 31.9 Å². The van der Waals surface area contributed by atoms with Gasteiger partial charge in [-0.1, -0.05) is 12.8 Å².